The predicted molar refractivity (Wildman–Crippen MR) is 113 cm³/mol. The number of carbonyl (C=O) groups is 1. The van der Waals surface area contributed by atoms with Crippen molar-refractivity contribution in [3.05, 3.63) is 60.4 Å². The van der Waals surface area contributed by atoms with E-state index in [1.807, 2.05) is 31.2 Å². The van der Waals surface area contributed by atoms with Crippen LogP contribution >= 0.6 is 0 Å². The maximum absolute atomic E-state index is 13.5. The van der Waals surface area contributed by atoms with Crippen LogP contribution in [0, 0.1) is 12.7 Å². The van der Waals surface area contributed by atoms with Crippen LogP contribution in [0.4, 0.5) is 26.4 Å². The number of amides is 2. The lowest BCUT2D eigenvalue weighted by Gasteiger charge is -2.45. The van der Waals surface area contributed by atoms with Gasteiger partial charge in [0.25, 0.3) is 0 Å². The highest BCUT2D eigenvalue weighted by atomic mass is 19.1. The number of nitrogens with zero attached hydrogens (tertiary/aromatic N) is 5. The Bertz CT molecular complexity index is 1100. The van der Waals surface area contributed by atoms with E-state index in [9.17, 15) is 9.18 Å². The van der Waals surface area contributed by atoms with Crippen molar-refractivity contribution >= 4 is 23.2 Å². The van der Waals surface area contributed by atoms with Gasteiger partial charge in [-0.3, -0.25) is 14.9 Å². The van der Waals surface area contributed by atoms with Crippen LogP contribution in [0.5, 0.6) is 0 Å². The SMILES string of the molecule is Cc1ccc(-c2ccc3c(n2)N(C(=O)Nc2cncc(F)c2)[C@H]2CCCN3C2)cn1. The van der Waals surface area contributed by atoms with Crippen molar-refractivity contribution in [1.29, 1.82) is 0 Å². The highest BCUT2D eigenvalue weighted by Gasteiger charge is 2.38. The first-order chi connectivity index (χ1) is 14.6. The smallest absolute Gasteiger partial charge is 0.327 e. The van der Waals surface area contributed by atoms with E-state index in [4.69, 9.17) is 4.98 Å². The summed E-state index contributed by atoms with van der Waals surface area (Å²) in [5.74, 6) is 0.119. The van der Waals surface area contributed by atoms with Gasteiger partial charge in [-0.15, -0.1) is 0 Å². The molecule has 3 aromatic heterocycles. The lowest BCUT2D eigenvalue weighted by atomic mass is 9.99. The summed E-state index contributed by atoms with van der Waals surface area (Å²) in [5, 5.41) is 2.78. The van der Waals surface area contributed by atoms with Crippen LogP contribution in [0.15, 0.2) is 48.9 Å². The van der Waals surface area contributed by atoms with E-state index in [2.05, 4.69) is 20.2 Å². The molecule has 5 heterocycles. The summed E-state index contributed by atoms with van der Waals surface area (Å²) >= 11 is 0. The summed E-state index contributed by atoms with van der Waals surface area (Å²) in [7, 11) is 0. The fourth-order valence-electron chi connectivity index (χ4n) is 4.13. The molecular weight excluding hydrogens is 383 g/mol. The predicted octanol–water partition coefficient (Wildman–Crippen LogP) is 4.01. The topological polar surface area (TPSA) is 74.2 Å². The number of rotatable bonds is 2. The van der Waals surface area contributed by atoms with Crippen LogP contribution in [-0.4, -0.2) is 40.1 Å². The fraction of sp³-hybridized carbons (Fsp3) is 0.273. The zero-order chi connectivity index (χ0) is 20.7. The van der Waals surface area contributed by atoms with E-state index in [1.165, 1.54) is 12.3 Å². The summed E-state index contributed by atoms with van der Waals surface area (Å²) in [6.45, 7) is 3.64. The average molecular weight is 404 g/mol. The molecule has 2 bridgehead atoms. The number of carbonyl (C=O) groups excluding carboxylic acids is 1. The third kappa shape index (κ3) is 3.34. The number of aromatic nitrogens is 3. The van der Waals surface area contributed by atoms with Crippen molar-refractivity contribution in [2.75, 3.05) is 28.2 Å². The molecule has 2 aliphatic heterocycles. The molecule has 152 valence electrons. The molecule has 5 rings (SSSR count). The molecule has 1 atom stereocenters. The normalized spacial score (nSPS) is 17.5. The zero-order valence-electron chi connectivity index (χ0n) is 16.5. The lowest BCUT2D eigenvalue weighted by molar-refractivity contribution is 0.252. The fourth-order valence-corrected chi connectivity index (χ4v) is 4.13. The number of aryl methyl sites for hydroxylation is 1. The standard InChI is InChI=1S/C22H21FN6O/c1-14-4-5-15(10-25-14)19-6-7-20-21(27-19)29(18-3-2-8-28(20)13-18)22(30)26-17-9-16(23)11-24-12-17/h4-7,9-12,18H,2-3,8,13H2,1H3,(H,26,30)/t18-/m0/s1. The number of hydrogen-bond acceptors (Lipinski definition) is 5. The van der Waals surface area contributed by atoms with Crippen LogP contribution in [0.1, 0.15) is 18.5 Å². The number of fused-ring (bicyclic) bond motifs is 4. The Hall–Kier alpha value is -3.55. The summed E-state index contributed by atoms with van der Waals surface area (Å²) in [6, 6.07) is 8.83. The molecule has 8 heteroatoms. The number of piperidine rings is 1. The first-order valence-electron chi connectivity index (χ1n) is 9.98. The molecule has 0 aromatic carbocycles. The number of halogens is 1. The monoisotopic (exact) mass is 404 g/mol. The third-order valence-electron chi connectivity index (χ3n) is 5.57. The molecule has 0 aliphatic carbocycles. The second kappa shape index (κ2) is 7.37. The zero-order valence-corrected chi connectivity index (χ0v) is 16.5. The minimum atomic E-state index is -0.497. The van der Waals surface area contributed by atoms with Gasteiger partial charge in [-0.2, -0.15) is 0 Å². The second-order valence-corrected chi connectivity index (χ2v) is 7.66. The maximum Gasteiger partial charge on any atom is 0.327 e. The van der Waals surface area contributed by atoms with E-state index in [1.54, 1.807) is 11.1 Å². The molecule has 3 aromatic rings. The molecule has 7 nitrogen and oxygen atoms in total. The molecule has 2 aliphatic rings. The highest BCUT2D eigenvalue weighted by molar-refractivity contribution is 6.04. The van der Waals surface area contributed by atoms with Crippen LogP contribution in [0.3, 0.4) is 0 Å². The van der Waals surface area contributed by atoms with Gasteiger partial charge in [0.15, 0.2) is 5.82 Å². The van der Waals surface area contributed by atoms with Crippen molar-refractivity contribution in [2.24, 2.45) is 0 Å². The summed E-state index contributed by atoms with van der Waals surface area (Å²) in [5.41, 5.74) is 3.83. The number of pyridine rings is 3. The first-order valence-corrected chi connectivity index (χ1v) is 9.98. The third-order valence-corrected chi connectivity index (χ3v) is 5.57. The number of anilines is 3. The van der Waals surface area contributed by atoms with Crippen LogP contribution in [0.25, 0.3) is 11.3 Å². The van der Waals surface area contributed by atoms with E-state index in [-0.39, 0.29) is 12.1 Å². The number of hydrogen-bond donors (Lipinski definition) is 1. The van der Waals surface area contributed by atoms with E-state index in [0.717, 1.165) is 54.8 Å². The number of nitrogens with one attached hydrogen (secondary N) is 1. The Labute approximate surface area is 173 Å². The van der Waals surface area contributed by atoms with Gasteiger partial charge in [-0.25, -0.2) is 14.2 Å². The van der Waals surface area contributed by atoms with Crippen molar-refractivity contribution in [3.63, 3.8) is 0 Å². The second-order valence-electron chi connectivity index (χ2n) is 7.66. The van der Waals surface area contributed by atoms with Crippen molar-refractivity contribution in [3.8, 4) is 11.3 Å². The Morgan fingerprint density at radius 1 is 1.20 bits per heavy atom. The Balaban J connectivity index is 1.54. The van der Waals surface area contributed by atoms with Crippen molar-refractivity contribution < 1.29 is 9.18 Å². The van der Waals surface area contributed by atoms with Gasteiger partial charge in [0.1, 0.15) is 5.82 Å². The minimum Gasteiger partial charge on any atom is -0.366 e. The lowest BCUT2D eigenvalue weighted by Crippen LogP contribution is -2.56. The Morgan fingerprint density at radius 2 is 2.10 bits per heavy atom. The molecule has 30 heavy (non-hydrogen) atoms. The molecule has 0 unspecified atom stereocenters. The molecule has 1 N–H and O–H groups in total. The van der Waals surface area contributed by atoms with Gasteiger partial charge in [0.05, 0.1) is 35.5 Å². The van der Waals surface area contributed by atoms with Gasteiger partial charge in [0.2, 0.25) is 0 Å². The minimum absolute atomic E-state index is 0.00617. The molecule has 2 amide bonds. The Morgan fingerprint density at radius 3 is 2.90 bits per heavy atom. The summed E-state index contributed by atoms with van der Waals surface area (Å²) in [4.78, 5) is 30.2. The van der Waals surface area contributed by atoms with Crippen molar-refractivity contribution in [2.45, 2.75) is 25.8 Å². The van der Waals surface area contributed by atoms with Crippen LogP contribution < -0.4 is 15.1 Å². The molecule has 0 radical (unpaired) electrons. The van der Waals surface area contributed by atoms with Crippen LogP contribution in [0.2, 0.25) is 0 Å². The molecule has 1 fully saturated rings. The first kappa shape index (κ1) is 18.5. The van der Waals surface area contributed by atoms with E-state index >= 15 is 0 Å². The van der Waals surface area contributed by atoms with Crippen molar-refractivity contribution in [1.82, 2.24) is 15.0 Å². The van der Waals surface area contributed by atoms with Gasteiger partial charge < -0.3 is 10.2 Å². The van der Waals surface area contributed by atoms with Gasteiger partial charge in [-0.05, 0) is 44.0 Å². The highest BCUT2D eigenvalue weighted by Crippen LogP contribution is 2.39. The molecular formula is C22H21FN6O. The van der Waals surface area contributed by atoms with Crippen LogP contribution in [-0.2, 0) is 0 Å². The van der Waals surface area contributed by atoms with E-state index in [0.29, 0.717) is 11.5 Å². The van der Waals surface area contributed by atoms with Gasteiger partial charge >= 0.3 is 6.03 Å². The maximum atomic E-state index is 13.5. The average Bonchev–Trinajstić information content (AvgIpc) is 2.74. The summed E-state index contributed by atoms with van der Waals surface area (Å²) < 4.78 is 13.5. The summed E-state index contributed by atoms with van der Waals surface area (Å²) in [6.07, 6.45) is 6.22. The molecule has 0 spiro atoms. The number of urea groups is 1. The molecule has 0 saturated carbocycles. The quantitative estimate of drug-likeness (QED) is 0.699. The Kier molecular flexibility index (Phi) is 4.54. The molecule has 1 saturated heterocycles. The largest absolute Gasteiger partial charge is 0.366 e. The van der Waals surface area contributed by atoms with Gasteiger partial charge in [0, 0.05) is 36.6 Å². The van der Waals surface area contributed by atoms with E-state index < -0.39 is 5.82 Å². The van der Waals surface area contributed by atoms with Gasteiger partial charge in [-0.1, -0.05) is 0 Å².